The maximum atomic E-state index is 13.1. The molecule has 1 saturated carbocycles. The van der Waals surface area contributed by atoms with Gasteiger partial charge in [-0.25, -0.2) is 4.68 Å². The van der Waals surface area contributed by atoms with Crippen LogP contribution in [0.5, 0.6) is 0 Å². The number of aromatic amines is 1. The van der Waals surface area contributed by atoms with E-state index in [-0.39, 0.29) is 28.5 Å². The first-order valence-corrected chi connectivity index (χ1v) is 12.7. The lowest BCUT2D eigenvalue weighted by molar-refractivity contribution is 0.0922. The predicted molar refractivity (Wildman–Crippen MR) is 142 cm³/mol. The molecule has 0 spiro atoms. The van der Waals surface area contributed by atoms with Gasteiger partial charge in [0.1, 0.15) is 5.56 Å². The summed E-state index contributed by atoms with van der Waals surface area (Å²) in [7, 11) is 0. The molecule has 3 atom stereocenters. The second-order valence-electron chi connectivity index (χ2n) is 10.3. The summed E-state index contributed by atoms with van der Waals surface area (Å²) in [6.07, 6.45) is 13.2. The Balaban J connectivity index is 1.29. The van der Waals surface area contributed by atoms with Crippen LogP contribution >= 0.6 is 0 Å². The predicted octanol–water partition coefficient (Wildman–Crippen LogP) is 4.87. The SMILES string of the molecule is CC12Cc3cnn(-c4cccnc4)c3C=C1CCC2CC(NC(=O)c1ccc[nH]c1=O)c1ccccc1. The molecule has 2 N–H and O–H groups in total. The van der Waals surface area contributed by atoms with Gasteiger partial charge in [-0.2, -0.15) is 5.10 Å². The number of nitrogens with one attached hydrogen (secondary N) is 2. The lowest BCUT2D eigenvalue weighted by Crippen LogP contribution is -2.36. The average molecular weight is 492 g/mol. The maximum absolute atomic E-state index is 13.1. The first-order valence-electron chi connectivity index (χ1n) is 12.7. The molecular weight excluding hydrogens is 462 g/mol. The molecule has 1 aromatic carbocycles. The van der Waals surface area contributed by atoms with E-state index in [0.29, 0.717) is 5.92 Å². The number of hydrogen-bond donors (Lipinski definition) is 2. The van der Waals surface area contributed by atoms with E-state index in [0.717, 1.165) is 42.6 Å². The van der Waals surface area contributed by atoms with E-state index < -0.39 is 0 Å². The zero-order valence-electron chi connectivity index (χ0n) is 20.7. The first kappa shape index (κ1) is 23.2. The minimum atomic E-state index is -0.379. The number of hydrogen-bond acceptors (Lipinski definition) is 4. The van der Waals surface area contributed by atoms with Crippen LogP contribution in [0.25, 0.3) is 11.8 Å². The van der Waals surface area contributed by atoms with Crippen molar-refractivity contribution in [3.63, 3.8) is 0 Å². The van der Waals surface area contributed by atoms with E-state index >= 15 is 0 Å². The van der Waals surface area contributed by atoms with E-state index in [1.54, 1.807) is 18.3 Å². The third kappa shape index (κ3) is 4.20. The fourth-order valence-corrected chi connectivity index (χ4v) is 6.08. The second-order valence-corrected chi connectivity index (χ2v) is 10.3. The van der Waals surface area contributed by atoms with Crippen LogP contribution in [0.4, 0.5) is 0 Å². The van der Waals surface area contributed by atoms with E-state index in [1.807, 2.05) is 59.5 Å². The monoisotopic (exact) mass is 491 g/mol. The smallest absolute Gasteiger partial charge is 0.260 e. The number of carbonyl (C=O) groups is 1. The van der Waals surface area contributed by atoms with Crippen LogP contribution in [0.1, 0.15) is 59.4 Å². The molecule has 6 rings (SSSR count). The van der Waals surface area contributed by atoms with Gasteiger partial charge in [-0.1, -0.05) is 42.8 Å². The molecule has 1 fully saturated rings. The fraction of sp³-hybridized carbons (Fsp3) is 0.267. The summed E-state index contributed by atoms with van der Waals surface area (Å²) in [5.41, 5.74) is 5.55. The minimum Gasteiger partial charge on any atom is -0.345 e. The van der Waals surface area contributed by atoms with Gasteiger partial charge < -0.3 is 10.3 Å². The number of benzene rings is 1. The number of nitrogens with zero attached hydrogens (tertiary/aromatic N) is 3. The van der Waals surface area contributed by atoms with E-state index in [2.05, 4.69) is 33.4 Å². The number of aromatic nitrogens is 4. The van der Waals surface area contributed by atoms with Crippen LogP contribution in [-0.4, -0.2) is 25.7 Å². The Labute approximate surface area is 215 Å². The highest BCUT2D eigenvalue weighted by atomic mass is 16.2. The average Bonchev–Trinajstić information content (AvgIpc) is 3.47. The van der Waals surface area contributed by atoms with Gasteiger partial charge in [-0.3, -0.25) is 14.6 Å². The quantitative estimate of drug-likeness (QED) is 0.402. The molecule has 37 heavy (non-hydrogen) atoms. The summed E-state index contributed by atoms with van der Waals surface area (Å²) < 4.78 is 1.98. The highest BCUT2D eigenvalue weighted by Crippen LogP contribution is 2.55. The standard InChI is InChI=1S/C30H29N5O2/c1-30-17-21-18-33-35(24-9-5-13-31-19-24)27(21)16-23(30)12-11-22(30)15-26(20-7-3-2-4-8-20)34-29(37)25-10-6-14-32-28(25)36/h2-10,13-14,16,18-19,22,26H,11-12,15,17H2,1H3,(H,32,36)(H,34,37). The number of amides is 1. The molecule has 3 unspecified atom stereocenters. The van der Waals surface area contributed by atoms with Crippen molar-refractivity contribution in [1.29, 1.82) is 0 Å². The van der Waals surface area contributed by atoms with Gasteiger partial charge in [0.15, 0.2) is 0 Å². The van der Waals surface area contributed by atoms with Gasteiger partial charge in [0.2, 0.25) is 0 Å². The molecule has 3 heterocycles. The molecule has 7 heteroatoms. The van der Waals surface area contributed by atoms with Gasteiger partial charge in [0.25, 0.3) is 11.5 Å². The van der Waals surface area contributed by atoms with Gasteiger partial charge >= 0.3 is 0 Å². The molecule has 2 aliphatic carbocycles. The Kier molecular flexibility index (Phi) is 5.83. The number of fused-ring (bicyclic) bond motifs is 2. The molecule has 0 saturated heterocycles. The molecular formula is C30H29N5O2. The Bertz CT molecular complexity index is 1520. The van der Waals surface area contributed by atoms with Gasteiger partial charge in [0.05, 0.1) is 29.8 Å². The van der Waals surface area contributed by atoms with Crippen molar-refractivity contribution >= 4 is 12.0 Å². The summed E-state index contributed by atoms with van der Waals surface area (Å²) >= 11 is 0. The molecule has 2 aliphatic rings. The third-order valence-electron chi connectivity index (χ3n) is 8.13. The summed E-state index contributed by atoms with van der Waals surface area (Å²) in [5, 5.41) is 7.86. The van der Waals surface area contributed by atoms with Gasteiger partial charge in [0, 0.05) is 12.4 Å². The summed E-state index contributed by atoms with van der Waals surface area (Å²) in [6, 6.07) is 17.0. The summed E-state index contributed by atoms with van der Waals surface area (Å²) in [5.74, 6) is 0.0199. The Morgan fingerprint density at radius 1 is 1.16 bits per heavy atom. The first-order chi connectivity index (χ1) is 18.0. The zero-order chi connectivity index (χ0) is 25.4. The van der Waals surface area contributed by atoms with Gasteiger partial charge in [-0.05, 0) is 78.5 Å². The van der Waals surface area contributed by atoms with Crippen molar-refractivity contribution in [2.75, 3.05) is 0 Å². The highest BCUT2D eigenvalue weighted by Gasteiger charge is 2.46. The molecule has 1 amide bonds. The number of pyridine rings is 2. The van der Waals surface area contributed by atoms with Gasteiger partial charge in [-0.15, -0.1) is 0 Å². The van der Waals surface area contributed by atoms with Crippen LogP contribution in [0.15, 0.2) is 89.8 Å². The molecule has 0 radical (unpaired) electrons. The van der Waals surface area contributed by atoms with E-state index in [4.69, 9.17) is 0 Å². The lowest BCUT2D eigenvalue weighted by Gasteiger charge is -2.37. The van der Waals surface area contributed by atoms with E-state index in [1.165, 1.54) is 17.3 Å². The normalized spacial score (nSPS) is 21.0. The van der Waals surface area contributed by atoms with Crippen molar-refractivity contribution in [1.82, 2.24) is 25.1 Å². The molecule has 0 aliphatic heterocycles. The molecule has 0 bridgehead atoms. The van der Waals surface area contributed by atoms with Crippen molar-refractivity contribution in [2.24, 2.45) is 11.3 Å². The van der Waals surface area contributed by atoms with E-state index in [9.17, 15) is 9.59 Å². The number of carbonyl (C=O) groups excluding carboxylic acids is 1. The van der Waals surface area contributed by atoms with Crippen LogP contribution in [0, 0.1) is 11.3 Å². The Morgan fingerprint density at radius 2 is 2.03 bits per heavy atom. The number of allylic oxidation sites excluding steroid dienone is 1. The zero-order valence-corrected chi connectivity index (χ0v) is 20.7. The maximum Gasteiger partial charge on any atom is 0.260 e. The largest absolute Gasteiger partial charge is 0.345 e. The van der Waals surface area contributed by atoms with Crippen LogP contribution in [-0.2, 0) is 6.42 Å². The molecule has 7 nitrogen and oxygen atoms in total. The summed E-state index contributed by atoms with van der Waals surface area (Å²) in [6.45, 7) is 2.35. The lowest BCUT2D eigenvalue weighted by atomic mass is 9.68. The molecule has 186 valence electrons. The highest BCUT2D eigenvalue weighted by molar-refractivity contribution is 5.94. The van der Waals surface area contributed by atoms with Crippen molar-refractivity contribution in [2.45, 2.75) is 38.6 Å². The van der Waals surface area contributed by atoms with Crippen LogP contribution in [0.3, 0.4) is 0 Å². The minimum absolute atomic E-state index is 0.0161. The molecule has 4 aromatic rings. The Morgan fingerprint density at radius 3 is 2.81 bits per heavy atom. The second kappa shape index (κ2) is 9.32. The summed E-state index contributed by atoms with van der Waals surface area (Å²) in [4.78, 5) is 32.2. The van der Waals surface area contributed by atoms with Crippen molar-refractivity contribution < 1.29 is 4.79 Å². The Hall–Kier alpha value is -4.26. The number of H-pyrrole nitrogens is 1. The van der Waals surface area contributed by atoms with Crippen LogP contribution < -0.4 is 10.9 Å². The van der Waals surface area contributed by atoms with Crippen molar-refractivity contribution in [3.05, 3.63) is 118 Å². The fourth-order valence-electron chi connectivity index (χ4n) is 6.08. The third-order valence-corrected chi connectivity index (χ3v) is 8.13. The number of rotatable bonds is 6. The molecule has 3 aromatic heterocycles. The van der Waals surface area contributed by atoms with Crippen LogP contribution in [0.2, 0.25) is 0 Å². The topological polar surface area (TPSA) is 92.7 Å². The van der Waals surface area contributed by atoms with Crippen molar-refractivity contribution in [3.8, 4) is 5.69 Å².